The third-order valence-corrected chi connectivity index (χ3v) is 2.25. The maximum atomic E-state index is 12.6. The van der Waals surface area contributed by atoms with Crippen molar-refractivity contribution in [2.24, 2.45) is 5.73 Å². The summed E-state index contributed by atoms with van der Waals surface area (Å²) in [5, 5.41) is 8.74. The number of hydrogen-bond donors (Lipinski definition) is 2. The highest BCUT2D eigenvalue weighted by atomic mass is 79.9. The summed E-state index contributed by atoms with van der Waals surface area (Å²) in [6.45, 7) is -0.149. The highest BCUT2D eigenvalue weighted by molar-refractivity contribution is 9.10. The zero-order valence-corrected chi connectivity index (χ0v) is 9.11. The van der Waals surface area contributed by atoms with Crippen LogP contribution in [0.1, 0.15) is 11.6 Å². The molecule has 2 nitrogen and oxygen atoms in total. The molecule has 0 unspecified atom stereocenters. The Kier molecular flexibility index (Phi) is 5.48. The van der Waals surface area contributed by atoms with Crippen LogP contribution < -0.4 is 5.73 Å². The van der Waals surface area contributed by atoms with E-state index < -0.39 is 6.04 Å². The van der Waals surface area contributed by atoms with E-state index in [0.717, 1.165) is 0 Å². The highest BCUT2D eigenvalue weighted by Crippen LogP contribution is 2.22. The predicted octanol–water partition coefficient (Wildman–Crippen LogP) is 2.00. The Bertz CT molecular complexity index is 285. The molecule has 0 heterocycles. The zero-order valence-electron chi connectivity index (χ0n) is 6.71. The van der Waals surface area contributed by atoms with Gasteiger partial charge in [0.15, 0.2) is 0 Å². The average Bonchev–Trinajstić information content (AvgIpc) is 2.03. The first kappa shape index (κ1) is 12.8. The second-order valence-electron chi connectivity index (χ2n) is 2.45. The number of hydrogen-bond acceptors (Lipinski definition) is 2. The van der Waals surface area contributed by atoms with Crippen molar-refractivity contribution in [3.63, 3.8) is 0 Å². The summed E-state index contributed by atoms with van der Waals surface area (Å²) in [5.74, 6) is -0.323. The van der Waals surface area contributed by atoms with Crippen LogP contribution in [0.5, 0.6) is 0 Å². The zero-order chi connectivity index (χ0) is 9.14. The number of aliphatic hydroxyl groups is 1. The molecule has 3 N–H and O–H groups in total. The largest absolute Gasteiger partial charge is 0.394 e. The molecule has 74 valence electrons. The summed E-state index contributed by atoms with van der Waals surface area (Å²) in [6.07, 6.45) is 0. The molecule has 0 amide bonds. The molecule has 0 aromatic heterocycles. The standard InChI is InChI=1S/C8H9BrFNO.ClH/c9-7-3-5(10)1-2-6(7)8(11)4-12;/h1-3,8,12H,4,11H2;1H/t8-;/m0./s1. The van der Waals surface area contributed by atoms with Crippen molar-refractivity contribution in [2.45, 2.75) is 6.04 Å². The minimum absolute atomic E-state index is 0. The van der Waals surface area contributed by atoms with Gasteiger partial charge in [0.05, 0.1) is 12.6 Å². The van der Waals surface area contributed by atoms with Crippen LogP contribution in [0.4, 0.5) is 4.39 Å². The lowest BCUT2D eigenvalue weighted by atomic mass is 10.1. The van der Waals surface area contributed by atoms with Crippen molar-refractivity contribution >= 4 is 28.3 Å². The Balaban J connectivity index is 0.00000144. The number of halogens is 3. The van der Waals surface area contributed by atoms with Gasteiger partial charge in [0.25, 0.3) is 0 Å². The minimum Gasteiger partial charge on any atom is -0.394 e. The molecule has 0 fully saturated rings. The predicted molar refractivity (Wildman–Crippen MR) is 55.4 cm³/mol. The molecule has 1 aromatic rings. The molecule has 0 aliphatic heterocycles. The molecular formula is C8H10BrClFNO. The molecule has 1 rings (SSSR count). The van der Waals surface area contributed by atoms with Crippen molar-refractivity contribution in [3.05, 3.63) is 34.1 Å². The van der Waals surface area contributed by atoms with Crippen LogP contribution in [0.15, 0.2) is 22.7 Å². The van der Waals surface area contributed by atoms with E-state index in [0.29, 0.717) is 10.0 Å². The van der Waals surface area contributed by atoms with Gasteiger partial charge < -0.3 is 10.8 Å². The van der Waals surface area contributed by atoms with Crippen LogP contribution in [0.3, 0.4) is 0 Å². The van der Waals surface area contributed by atoms with Crippen molar-refractivity contribution in [1.82, 2.24) is 0 Å². The fourth-order valence-corrected chi connectivity index (χ4v) is 1.55. The van der Waals surface area contributed by atoms with Crippen LogP contribution in [-0.4, -0.2) is 11.7 Å². The summed E-state index contributed by atoms with van der Waals surface area (Å²) in [6, 6.07) is 3.74. The number of rotatable bonds is 2. The second-order valence-corrected chi connectivity index (χ2v) is 3.31. The van der Waals surface area contributed by atoms with Crippen LogP contribution in [0.25, 0.3) is 0 Å². The van der Waals surface area contributed by atoms with E-state index in [2.05, 4.69) is 15.9 Å². The lowest BCUT2D eigenvalue weighted by Crippen LogP contribution is -2.14. The molecular weight excluding hydrogens is 260 g/mol. The van der Waals surface area contributed by atoms with Gasteiger partial charge in [-0.05, 0) is 17.7 Å². The molecule has 0 aliphatic carbocycles. The maximum Gasteiger partial charge on any atom is 0.124 e. The summed E-state index contributed by atoms with van der Waals surface area (Å²) < 4.78 is 13.2. The first-order chi connectivity index (χ1) is 5.65. The summed E-state index contributed by atoms with van der Waals surface area (Å²) in [5.41, 5.74) is 6.25. The summed E-state index contributed by atoms with van der Waals surface area (Å²) >= 11 is 3.16. The van der Waals surface area contributed by atoms with E-state index in [1.807, 2.05) is 0 Å². The molecule has 0 saturated carbocycles. The Hall–Kier alpha value is -0.160. The van der Waals surface area contributed by atoms with Crippen LogP contribution in [0.2, 0.25) is 0 Å². The van der Waals surface area contributed by atoms with E-state index >= 15 is 0 Å². The van der Waals surface area contributed by atoms with Gasteiger partial charge in [-0.1, -0.05) is 22.0 Å². The highest BCUT2D eigenvalue weighted by Gasteiger charge is 2.08. The Morgan fingerprint density at radius 2 is 2.15 bits per heavy atom. The average molecular weight is 271 g/mol. The van der Waals surface area contributed by atoms with Gasteiger partial charge in [0.2, 0.25) is 0 Å². The third-order valence-electron chi connectivity index (χ3n) is 1.56. The van der Waals surface area contributed by atoms with Gasteiger partial charge in [0.1, 0.15) is 5.82 Å². The molecule has 1 aromatic carbocycles. The SMILES string of the molecule is Cl.N[C@@H](CO)c1ccc(F)cc1Br. The monoisotopic (exact) mass is 269 g/mol. The molecule has 1 atom stereocenters. The van der Waals surface area contributed by atoms with Gasteiger partial charge in [-0.3, -0.25) is 0 Å². The number of nitrogens with two attached hydrogens (primary N) is 1. The van der Waals surface area contributed by atoms with Crippen molar-refractivity contribution in [3.8, 4) is 0 Å². The fourth-order valence-electron chi connectivity index (χ4n) is 0.901. The third kappa shape index (κ3) is 3.23. The number of benzene rings is 1. The minimum atomic E-state index is -0.458. The molecule has 0 spiro atoms. The second kappa shape index (κ2) is 5.54. The van der Waals surface area contributed by atoms with Gasteiger partial charge in [-0.25, -0.2) is 4.39 Å². The summed E-state index contributed by atoms with van der Waals surface area (Å²) in [7, 11) is 0. The van der Waals surface area contributed by atoms with Crippen molar-refractivity contribution < 1.29 is 9.50 Å². The Morgan fingerprint density at radius 1 is 1.54 bits per heavy atom. The fraction of sp³-hybridized carbons (Fsp3) is 0.250. The van der Waals surface area contributed by atoms with Crippen LogP contribution >= 0.6 is 28.3 Å². The maximum absolute atomic E-state index is 12.6. The molecule has 0 radical (unpaired) electrons. The van der Waals surface area contributed by atoms with Gasteiger partial charge in [-0.2, -0.15) is 0 Å². The van der Waals surface area contributed by atoms with E-state index in [1.165, 1.54) is 12.1 Å². The first-order valence-corrected chi connectivity index (χ1v) is 4.26. The quantitative estimate of drug-likeness (QED) is 0.863. The number of aliphatic hydroxyl groups excluding tert-OH is 1. The molecule has 0 aliphatic rings. The van der Waals surface area contributed by atoms with E-state index in [9.17, 15) is 4.39 Å². The lowest BCUT2D eigenvalue weighted by Gasteiger charge is -2.10. The molecule has 13 heavy (non-hydrogen) atoms. The molecule has 0 bridgehead atoms. The lowest BCUT2D eigenvalue weighted by molar-refractivity contribution is 0.267. The Morgan fingerprint density at radius 3 is 2.62 bits per heavy atom. The van der Waals surface area contributed by atoms with Crippen LogP contribution in [-0.2, 0) is 0 Å². The Labute approximate surface area is 90.5 Å². The van der Waals surface area contributed by atoms with Crippen molar-refractivity contribution in [2.75, 3.05) is 6.61 Å². The van der Waals surface area contributed by atoms with Crippen molar-refractivity contribution in [1.29, 1.82) is 0 Å². The normalized spacial score (nSPS) is 12.0. The van der Waals surface area contributed by atoms with Gasteiger partial charge in [-0.15, -0.1) is 12.4 Å². The smallest absolute Gasteiger partial charge is 0.124 e. The van der Waals surface area contributed by atoms with Crippen LogP contribution in [0, 0.1) is 5.82 Å². The molecule has 0 saturated heterocycles. The molecule has 5 heteroatoms. The van der Waals surface area contributed by atoms with E-state index in [-0.39, 0.29) is 24.8 Å². The topological polar surface area (TPSA) is 46.2 Å². The first-order valence-electron chi connectivity index (χ1n) is 3.46. The van der Waals surface area contributed by atoms with Gasteiger partial charge in [0, 0.05) is 4.47 Å². The van der Waals surface area contributed by atoms with E-state index in [4.69, 9.17) is 10.8 Å². The van der Waals surface area contributed by atoms with Gasteiger partial charge >= 0.3 is 0 Å². The van der Waals surface area contributed by atoms with E-state index in [1.54, 1.807) is 6.07 Å². The summed E-state index contributed by atoms with van der Waals surface area (Å²) in [4.78, 5) is 0.